The van der Waals surface area contributed by atoms with Crippen molar-refractivity contribution >= 4 is 17.5 Å². The average Bonchev–Trinajstić information content (AvgIpc) is 3.11. The Bertz CT molecular complexity index is 603. The summed E-state index contributed by atoms with van der Waals surface area (Å²) in [6, 6.07) is 2.74. The molecular formula is C18H27N3O2. The van der Waals surface area contributed by atoms with Crippen molar-refractivity contribution in [3.8, 4) is 0 Å². The lowest BCUT2D eigenvalue weighted by Gasteiger charge is -2.29. The van der Waals surface area contributed by atoms with Gasteiger partial charge in [0.05, 0.1) is 6.10 Å². The van der Waals surface area contributed by atoms with Gasteiger partial charge in [-0.15, -0.1) is 0 Å². The summed E-state index contributed by atoms with van der Waals surface area (Å²) in [6.45, 7) is 8.11. The van der Waals surface area contributed by atoms with Gasteiger partial charge in [-0.3, -0.25) is 10.2 Å². The maximum atomic E-state index is 11.8. The van der Waals surface area contributed by atoms with Crippen LogP contribution in [-0.2, 0) is 11.2 Å². The molecule has 1 saturated heterocycles. The zero-order chi connectivity index (χ0) is 16.4. The van der Waals surface area contributed by atoms with E-state index < -0.39 is 6.09 Å². The van der Waals surface area contributed by atoms with Crippen molar-refractivity contribution in [2.24, 2.45) is 0 Å². The minimum absolute atomic E-state index is 0.121. The molecule has 0 bridgehead atoms. The van der Waals surface area contributed by atoms with E-state index in [1.54, 1.807) is 0 Å². The van der Waals surface area contributed by atoms with Crippen molar-refractivity contribution in [1.29, 1.82) is 0 Å². The first-order valence-corrected chi connectivity index (χ1v) is 8.69. The van der Waals surface area contributed by atoms with Crippen LogP contribution in [0, 0.1) is 0 Å². The maximum absolute atomic E-state index is 11.8. The number of fused-ring (bicyclic) bond motifs is 1. The Balaban J connectivity index is 1.75. The number of anilines is 1. The topological polar surface area (TPSA) is 57.4 Å². The van der Waals surface area contributed by atoms with E-state index in [4.69, 9.17) is 4.74 Å². The minimum Gasteiger partial charge on any atom is -0.447 e. The molecule has 5 nitrogen and oxygen atoms in total. The molecule has 1 fully saturated rings. The van der Waals surface area contributed by atoms with Crippen molar-refractivity contribution in [2.45, 2.75) is 58.6 Å². The van der Waals surface area contributed by atoms with Gasteiger partial charge in [0.1, 0.15) is 5.82 Å². The number of carbonyl (C=O) groups excluding carboxylic acids is 1. The number of hydrogen-bond donors (Lipinski definition) is 2. The van der Waals surface area contributed by atoms with Gasteiger partial charge in [-0.2, -0.15) is 0 Å². The van der Waals surface area contributed by atoms with Gasteiger partial charge in [-0.05, 0) is 57.7 Å². The SMILES string of the molecule is CCc1[nH]c(NC(=O)OC(C)C)cc1C1=CCN2CCCC2C1. The third-order valence-electron chi connectivity index (χ3n) is 4.71. The summed E-state index contributed by atoms with van der Waals surface area (Å²) in [5.74, 6) is 0.720. The average molecular weight is 317 g/mol. The van der Waals surface area contributed by atoms with Crippen molar-refractivity contribution in [2.75, 3.05) is 18.4 Å². The summed E-state index contributed by atoms with van der Waals surface area (Å²) in [6.07, 6.45) is 6.46. The van der Waals surface area contributed by atoms with Gasteiger partial charge in [-0.1, -0.05) is 13.0 Å². The molecule has 0 aromatic carbocycles. The molecule has 3 rings (SSSR count). The molecule has 1 amide bonds. The van der Waals surface area contributed by atoms with E-state index in [2.05, 4.69) is 34.3 Å². The number of hydrogen-bond acceptors (Lipinski definition) is 3. The van der Waals surface area contributed by atoms with Crippen LogP contribution in [0.1, 0.15) is 51.3 Å². The highest BCUT2D eigenvalue weighted by molar-refractivity contribution is 5.85. The first kappa shape index (κ1) is 16.1. The third kappa shape index (κ3) is 3.61. The van der Waals surface area contributed by atoms with Crippen molar-refractivity contribution in [1.82, 2.24) is 9.88 Å². The number of H-pyrrole nitrogens is 1. The van der Waals surface area contributed by atoms with E-state index in [1.165, 1.54) is 36.2 Å². The molecule has 3 heterocycles. The highest BCUT2D eigenvalue weighted by atomic mass is 16.6. The van der Waals surface area contributed by atoms with E-state index in [1.807, 2.05) is 13.8 Å². The van der Waals surface area contributed by atoms with Gasteiger partial charge in [-0.25, -0.2) is 4.79 Å². The molecule has 23 heavy (non-hydrogen) atoms. The van der Waals surface area contributed by atoms with Crippen LogP contribution in [0.2, 0.25) is 0 Å². The highest BCUT2D eigenvalue weighted by Gasteiger charge is 2.29. The normalized spacial score (nSPS) is 21.2. The number of amides is 1. The monoisotopic (exact) mass is 317 g/mol. The summed E-state index contributed by atoms with van der Waals surface area (Å²) in [4.78, 5) is 17.7. The molecule has 1 unspecified atom stereocenters. The molecule has 5 heteroatoms. The Labute approximate surface area is 138 Å². The number of aryl methyl sites for hydroxylation is 1. The van der Waals surface area contributed by atoms with Crippen LogP contribution in [0.5, 0.6) is 0 Å². The van der Waals surface area contributed by atoms with Gasteiger partial charge in [0.15, 0.2) is 0 Å². The molecular weight excluding hydrogens is 290 g/mol. The lowest BCUT2D eigenvalue weighted by atomic mass is 9.94. The molecule has 0 radical (unpaired) electrons. The van der Waals surface area contributed by atoms with Crippen LogP contribution >= 0.6 is 0 Å². The number of nitrogens with zero attached hydrogens (tertiary/aromatic N) is 1. The van der Waals surface area contributed by atoms with Crippen LogP contribution in [-0.4, -0.2) is 41.2 Å². The number of aromatic amines is 1. The second-order valence-corrected chi connectivity index (χ2v) is 6.73. The highest BCUT2D eigenvalue weighted by Crippen LogP contribution is 2.34. The molecule has 1 atom stereocenters. The predicted octanol–water partition coefficient (Wildman–Crippen LogP) is 3.79. The summed E-state index contributed by atoms with van der Waals surface area (Å²) in [5, 5.41) is 2.80. The molecule has 0 saturated carbocycles. The fourth-order valence-electron chi connectivity index (χ4n) is 3.63. The van der Waals surface area contributed by atoms with E-state index >= 15 is 0 Å². The predicted molar refractivity (Wildman–Crippen MR) is 92.6 cm³/mol. The zero-order valence-electron chi connectivity index (χ0n) is 14.3. The van der Waals surface area contributed by atoms with Gasteiger partial charge >= 0.3 is 6.09 Å². The van der Waals surface area contributed by atoms with Crippen LogP contribution in [0.15, 0.2) is 12.1 Å². The van der Waals surface area contributed by atoms with Crippen molar-refractivity contribution in [3.63, 3.8) is 0 Å². The Hall–Kier alpha value is -1.75. The first-order chi connectivity index (χ1) is 11.1. The Morgan fingerprint density at radius 2 is 2.35 bits per heavy atom. The second-order valence-electron chi connectivity index (χ2n) is 6.73. The fraction of sp³-hybridized carbons (Fsp3) is 0.611. The molecule has 1 aromatic heterocycles. The van der Waals surface area contributed by atoms with Gasteiger partial charge in [0.25, 0.3) is 0 Å². The van der Waals surface area contributed by atoms with Crippen LogP contribution in [0.3, 0.4) is 0 Å². The quantitative estimate of drug-likeness (QED) is 0.888. The van der Waals surface area contributed by atoms with Crippen LogP contribution < -0.4 is 5.32 Å². The smallest absolute Gasteiger partial charge is 0.413 e. The standard InChI is InChI=1S/C18H27N3O2/c1-4-16-15(11-17(19-16)20-18(22)23-12(2)3)13-7-9-21-8-5-6-14(21)10-13/h7,11-12,14,19H,4-6,8-10H2,1-3H3,(H,20,22). The number of rotatable bonds is 4. The fourth-order valence-corrected chi connectivity index (χ4v) is 3.63. The largest absolute Gasteiger partial charge is 0.447 e. The third-order valence-corrected chi connectivity index (χ3v) is 4.71. The number of carbonyl (C=O) groups is 1. The molecule has 0 spiro atoms. The van der Waals surface area contributed by atoms with Crippen LogP contribution in [0.25, 0.3) is 5.57 Å². The van der Waals surface area contributed by atoms with Crippen molar-refractivity contribution in [3.05, 3.63) is 23.4 Å². The molecule has 2 N–H and O–H groups in total. The van der Waals surface area contributed by atoms with Gasteiger partial charge < -0.3 is 9.72 Å². The molecule has 2 aliphatic rings. The summed E-state index contributed by atoms with van der Waals surface area (Å²) >= 11 is 0. The Morgan fingerprint density at radius 3 is 3.09 bits per heavy atom. The summed E-state index contributed by atoms with van der Waals surface area (Å²) in [7, 11) is 0. The minimum atomic E-state index is -0.407. The van der Waals surface area contributed by atoms with Crippen LogP contribution in [0.4, 0.5) is 10.6 Å². The molecule has 126 valence electrons. The lowest BCUT2D eigenvalue weighted by molar-refractivity contribution is 0.130. The second kappa shape index (κ2) is 6.79. The molecule has 0 aliphatic carbocycles. The number of aromatic nitrogens is 1. The van der Waals surface area contributed by atoms with E-state index in [-0.39, 0.29) is 6.10 Å². The number of ether oxygens (including phenoxy) is 1. The molecule has 2 aliphatic heterocycles. The Morgan fingerprint density at radius 1 is 1.52 bits per heavy atom. The lowest BCUT2D eigenvalue weighted by Crippen LogP contribution is -2.32. The van der Waals surface area contributed by atoms with Crippen molar-refractivity contribution < 1.29 is 9.53 Å². The summed E-state index contributed by atoms with van der Waals surface area (Å²) in [5.41, 5.74) is 3.84. The number of nitrogens with one attached hydrogen (secondary N) is 2. The van der Waals surface area contributed by atoms with E-state index in [0.717, 1.165) is 25.2 Å². The molecule has 1 aromatic rings. The Kier molecular flexibility index (Phi) is 4.76. The maximum Gasteiger partial charge on any atom is 0.413 e. The van der Waals surface area contributed by atoms with Gasteiger partial charge in [0.2, 0.25) is 0 Å². The first-order valence-electron chi connectivity index (χ1n) is 8.69. The van der Waals surface area contributed by atoms with E-state index in [9.17, 15) is 4.79 Å². The van der Waals surface area contributed by atoms with Gasteiger partial charge in [0, 0.05) is 23.8 Å². The summed E-state index contributed by atoms with van der Waals surface area (Å²) < 4.78 is 5.15. The van der Waals surface area contributed by atoms with E-state index in [0.29, 0.717) is 6.04 Å². The zero-order valence-corrected chi connectivity index (χ0v) is 14.3.